The van der Waals surface area contributed by atoms with Gasteiger partial charge in [-0.2, -0.15) is 0 Å². The van der Waals surface area contributed by atoms with E-state index in [0.717, 1.165) is 18.1 Å². The molecule has 4 rings (SSSR count). The zero-order chi connectivity index (χ0) is 22.8. The minimum atomic E-state index is -0.381. The fourth-order valence-electron chi connectivity index (χ4n) is 2.97. The van der Waals surface area contributed by atoms with Crippen LogP contribution in [0, 0.1) is 3.57 Å². The number of oxazole rings is 1. The second-order valence-electron chi connectivity index (χ2n) is 6.58. The molecule has 32 heavy (non-hydrogen) atoms. The van der Waals surface area contributed by atoms with Crippen molar-refractivity contribution in [2.45, 2.75) is 0 Å². The Balaban J connectivity index is 1.52. The highest BCUT2D eigenvalue weighted by Crippen LogP contribution is 2.32. The van der Waals surface area contributed by atoms with Crippen molar-refractivity contribution < 1.29 is 13.9 Å². The van der Waals surface area contributed by atoms with Crippen molar-refractivity contribution in [2.75, 3.05) is 12.4 Å². The molecule has 4 aromatic rings. The van der Waals surface area contributed by atoms with Gasteiger partial charge < -0.3 is 14.5 Å². The normalized spacial score (nSPS) is 10.8. The second kappa shape index (κ2) is 9.86. The first-order chi connectivity index (χ1) is 15.3. The molecule has 6 nitrogen and oxygen atoms in total. The number of aromatic nitrogens is 1. The summed E-state index contributed by atoms with van der Waals surface area (Å²) in [6.45, 7) is 0. The maximum Gasteiger partial charge on any atom is 0.261 e. The van der Waals surface area contributed by atoms with Crippen LogP contribution in [-0.2, 0) is 0 Å². The van der Waals surface area contributed by atoms with E-state index in [4.69, 9.17) is 21.4 Å². The summed E-state index contributed by atoms with van der Waals surface area (Å²) in [7, 11) is 1.51. The number of carbonyl (C=O) groups excluding carboxylic acids is 1. The Hall–Kier alpha value is -2.02. The molecule has 2 N–H and O–H groups in total. The van der Waals surface area contributed by atoms with Crippen LogP contribution in [-0.4, -0.2) is 23.1 Å². The number of halogens is 3. The number of benzene rings is 3. The van der Waals surface area contributed by atoms with Crippen molar-refractivity contribution >= 4 is 94.5 Å². The van der Waals surface area contributed by atoms with Crippen LogP contribution in [0.15, 0.2) is 68.0 Å². The topological polar surface area (TPSA) is 76.4 Å². The molecule has 1 amide bonds. The molecular formula is C22H14Br2IN3O3S. The molecule has 3 aromatic carbocycles. The number of thiocarbonyl (C=S) groups is 1. The second-order valence-corrected chi connectivity index (χ2v) is 10.0. The Labute approximate surface area is 219 Å². The van der Waals surface area contributed by atoms with Gasteiger partial charge in [0, 0.05) is 18.2 Å². The lowest BCUT2D eigenvalue weighted by molar-refractivity contribution is 0.0974. The van der Waals surface area contributed by atoms with E-state index in [2.05, 4.69) is 70.1 Å². The van der Waals surface area contributed by atoms with Gasteiger partial charge in [0.25, 0.3) is 5.91 Å². The Morgan fingerprint density at radius 3 is 2.72 bits per heavy atom. The highest BCUT2D eigenvalue weighted by atomic mass is 127. The van der Waals surface area contributed by atoms with Crippen LogP contribution in [0.3, 0.4) is 0 Å². The van der Waals surface area contributed by atoms with Crippen LogP contribution in [0.2, 0.25) is 0 Å². The monoisotopic (exact) mass is 685 g/mol. The average molecular weight is 687 g/mol. The predicted octanol–water partition coefficient (Wildman–Crippen LogP) is 6.76. The van der Waals surface area contributed by atoms with Gasteiger partial charge in [0.1, 0.15) is 11.3 Å². The van der Waals surface area contributed by atoms with Crippen molar-refractivity contribution in [3.63, 3.8) is 0 Å². The molecule has 0 atom stereocenters. The zero-order valence-corrected chi connectivity index (χ0v) is 22.6. The third kappa shape index (κ3) is 5.13. The summed E-state index contributed by atoms with van der Waals surface area (Å²) in [5.74, 6) is 0.584. The van der Waals surface area contributed by atoms with Crippen molar-refractivity contribution in [3.8, 4) is 17.2 Å². The number of nitrogens with one attached hydrogen (secondary N) is 2. The molecule has 0 aliphatic rings. The quantitative estimate of drug-likeness (QED) is 0.183. The van der Waals surface area contributed by atoms with Crippen molar-refractivity contribution in [1.82, 2.24) is 10.3 Å². The number of anilines is 1. The van der Waals surface area contributed by atoms with E-state index in [-0.39, 0.29) is 11.0 Å². The number of methoxy groups -OCH3 is 1. The molecule has 10 heteroatoms. The first-order valence-electron chi connectivity index (χ1n) is 9.16. The minimum Gasteiger partial charge on any atom is -0.496 e. The molecule has 0 fully saturated rings. The standard InChI is InChI=1S/C22H14Br2IN3O3S/c1-30-18-6-2-11(23)8-15(18)20(29)28-22(32)26-13-4-7-19-17(10-13)27-21(31-19)14-9-12(25)3-5-16(14)24/h2-10H,1H3,(H2,26,28,29,32). The van der Waals surface area contributed by atoms with E-state index < -0.39 is 0 Å². The molecule has 0 unspecified atom stereocenters. The van der Waals surface area contributed by atoms with Crippen LogP contribution >= 0.6 is 66.7 Å². The summed E-state index contributed by atoms with van der Waals surface area (Å²) in [6, 6.07) is 16.5. The summed E-state index contributed by atoms with van der Waals surface area (Å²) in [6.07, 6.45) is 0. The number of ether oxygens (including phenoxy) is 1. The molecule has 0 saturated carbocycles. The van der Waals surface area contributed by atoms with Gasteiger partial charge in [0.15, 0.2) is 10.7 Å². The van der Waals surface area contributed by atoms with Crippen LogP contribution in [0.25, 0.3) is 22.6 Å². The molecule has 0 bridgehead atoms. The lowest BCUT2D eigenvalue weighted by Crippen LogP contribution is -2.34. The number of amides is 1. The molecule has 0 aliphatic carbocycles. The first kappa shape index (κ1) is 23.1. The third-order valence-electron chi connectivity index (χ3n) is 4.44. The van der Waals surface area contributed by atoms with E-state index in [1.807, 2.05) is 24.3 Å². The molecule has 1 heterocycles. The van der Waals surface area contributed by atoms with E-state index in [1.165, 1.54) is 7.11 Å². The van der Waals surface area contributed by atoms with E-state index in [1.54, 1.807) is 30.3 Å². The highest BCUT2D eigenvalue weighted by Gasteiger charge is 2.16. The molecule has 1 aromatic heterocycles. The van der Waals surface area contributed by atoms with Gasteiger partial charge in [-0.15, -0.1) is 0 Å². The third-order valence-corrected chi connectivity index (χ3v) is 6.50. The summed E-state index contributed by atoms with van der Waals surface area (Å²) in [5, 5.41) is 5.83. The lowest BCUT2D eigenvalue weighted by Gasteiger charge is -2.12. The summed E-state index contributed by atoms with van der Waals surface area (Å²) >= 11 is 14.5. The number of carbonyl (C=O) groups is 1. The minimum absolute atomic E-state index is 0.153. The summed E-state index contributed by atoms with van der Waals surface area (Å²) in [5.41, 5.74) is 3.22. The number of hydrogen-bond acceptors (Lipinski definition) is 5. The Kier molecular flexibility index (Phi) is 7.13. The van der Waals surface area contributed by atoms with Crippen LogP contribution < -0.4 is 15.4 Å². The van der Waals surface area contributed by atoms with E-state index in [9.17, 15) is 4.79 Å². The van der Waals surface area contributed by atoms with Crippen molar-refractivity contribution in [3.05, 3.63) is 72.7 Å². The largest absolute Gasteiger partial charge is 0.496 e. The van der Waals surface area contributed by atoms with E-state index in [0.29, 0.717) is 34.0 Å². The Bertz CT molecular complexity index is 1360. The van der Waals surface area contributed by atoms with Gasteiger partial charge in [-0.1, -0.05) is 15.9 Å². The zero-order valence-electron chi connectivity index (χ0n) is 16.4. The summed E-state index contributed by atoms with van der Waals surface area (Å²) < 4.78 is 13.9. The average Bonchev–Trinajstić information content (AvgIpc) is 3.18. The summed E-state index contributed by atoms with van der Waals surface area (Å²) in [4.78, 5) is 17.2. The van der Waals surface area contributed by atoms with Gasteiger partial charge in [-0.05, 0) is 105 Å². The molecule has 0 saturated heterocycles. The SMILES string of the molecule is COc1ccc(Br)cc1C(=O)NC(=S)Nc1ccc2oc(-c3cc(I)ccc3Br)nc2c1. The van der Waals surface area contributed by atoms with Gasteiger partial charge in [-0.25, -0.2) is 4.98 Å². The Morgan fingerprint density at radius 1 is 1.12 bits per heavy atom. The van der Waals surface area contributed by atoms with Crippen LogP contribution in [0.1, 0.15) is 10.4 Å². The van der Waals surface area contributed by atoms with Crippen LogP contribution in [0.5, 0.6) is 5.75 Å². The molecule has 162 valence electrons. The molecule has 0 aliphatic heterocycles. The van der Waals surface area contributed by atoms with Crippen LogP contribution in [0.4, 0.5) is 5.69 Å². The molecular weight excluding hydrogens is 673 g/mol. The fraction of sp³-hybridized carbons (Fsp3) is 0.0455. The number of nitrogens with zero attached hydrogens (tertiary/aromatic N) is 1. The number of fused-ring (bicyclic) bond motifs is 1. The van der Waals surface area contributed by atoms with Crippen molar-refractivity contribution in [1.29, 1.82) is 0 Å². The fourth-order valence-corrected chi connectivity index (χ4v) is 4.45. The first-order valence-corrected chi connectivity index (χ1v) is 12.2. The van der Waals surface area contributed by atoms with Gasteiger partial charge in [0.2, 0.25) is 5.89 Å². The van der Waals surface area contributed by atoms with Gasteiger partial charge >= 0.3 is 0 Å². The lowest BCUT2D eigenvalue weighted by atomic mass is 10.2. The highest BCUT2D eigenvalue weighted by molar-refractivity contribution is 14.1. The van der Waals surface area contributed by atoms with Crippen molar-refractivity contribution in [2.24, 2.45) is 0 Å². The predicted molar refractivity (Wildman–Crippen MR) is 144 cm³/mol. The van der Waals surface area contributed by atoms with Gasteiger partial charge in [-0.3, -0.25) is 10.1 Å². The maximum absolute atomic E-state index is 12.6. The maximum atomic E-state index is 12.6. The van der Waals surface area contributed by atoms with Gasteiger partial charge in [0.05, 0.1) is 18.2 Å². The van der Waals surface area contributed by atoms with E-state index >= 15 is 0 Å². The molecule has 0 radical (unpaired) electrons. The number of rotatable bonds is 4. The smallest absolute Gasteiger partial charge is 0.261 e. The Morgan fingerprint density at radius 2 is 1.94 bits per heavy atom. The number of hydrogen-bond donors (Lipinski definition) is 2. The molecule has 0 spiro atoms.